The van der Waals surface area contributed by atoms with E-state index in [9.17, 15) is 8.42 Å². The Balaban J connectivity index is 2.47. The van der Waals surface area contributed by atoms with Crippen LogP contribution in [-0.2, 0) is 10.0 Å². The third-order valence-electron chi connectivity index (χ3n) is 3.52. The lowest BCUT2D eigenvalue weighted by molar-refractivity contribution is 0.402. The maximum absolute atomic E-state index is 12.8. The Morgan fingerprint density at radius 3 is 2.62 bits per heavy atom. The van der Waals surface area contributed by atoms with Crippen LogP contribution in [0.1, 0.15) is 23.4 Å². The summed E-state index contributed by atoms with van der Waals surface area (Å²) < 4.78 is 27.7. The number of thiophene rings is 1. The van der Waals surface area contributed by atoms with Gasteiger partial charge in [-0.05, 0) is 43.0 Å². The lowest BCUT2D eigenvalue weighted by atomic mass is 10.2. The molecular weight excluding hydrogens is 372 g/mol. The van der Waals surface area contributed by atoms with Crippen LogP contribution in [0.2, 0.25) is 0 Å². The van der Waals surface area contributed by atoms with Gasteiger partial charge in [-0.15, -0.1) is 11.3 Å². The van der Waals surface area contributed by atoms with Gasteiger partial charge in [-0.1, -0.05) is 22.0 Å². The summed E-state index contributed by atoms with van der Waals surface area (Å²) in [4.78, 5) is 1.24. The van der Waals surface area contributed by atoms with Gasteiger partial charge in [0, 0.05) is 22.1 Å². The molecule has 0 saturated carbocycles. The van der Waals surface area contributed by atoms with Gasteiger partial charge < -0.3 is 5.73 Å². The lowest BCUT2D eigenvalue weighted by Gasteiger charge is -2.24. The molecule has 1 aromatic heterocycles. The Hall–Kier alpha value is -0.890. The van der Waals surface area contributed by atoms with Crippen molar-refractivity contribution in [2.45, 2.75) is 24.8 Å². The van der Waals surface area contributed by atoms with Gasteiger partial charge in [0.15, 0.2) is 0 Å². The Kier molecular flexibility index (Phi) is 4.77. The molecule has 2 rings (SSSR count). The maximum atomic E-state index is 12.8. The van der Waals surface area contributed by atoms with E-state index in [1.165, 1.54) is 4.31 Å². The highest BCUT2D eigenvalue weighted by Crippen LogP contribution is 2.32. The molecule has 0 fully saturated rings. The first-order valence-corrected chi connectivity index (χ1v) is 9.43. The van der Waals surface area contributed by atoms with Gasteiger partial charge >= 0.3 is 0 Å². The number of nitrogens with two attached hydrogens (primary N) is 1. The largest absolute Gasteiger partial charge is 0.398 e. The van der Waals surface area contributed by atoms with Crippen molar-refractivity contribution >= 4 is 43.0 Å². The molecule has 0 saturated heterocycles. The van der Waals surface area contributed by atoms with Gasteiger partial charge in [-0.25, -0.2) is 8.42 Å². The fourth-order valence-electron chi connectivity index (χ4n) is 2.01. The number of hydrogen-bond donors (Lipinski definition) is 1. The van der Waals surface area contributed by atoms with Crippen LogP contribution in [0.25, 0.3) is 0 Å². The van der Waals surface area contributed by atoms with E-state index < -0.39 is 10.0 Å². The Morgan fingerprint density at radius 1 is 1.38 bits per heavy atom. The summed E-state index contributed by atoms with van der Waals surface area (Å²) in [6.45, 7) is 3.60. The Bertz CT molecular complexity index is 743. The predicted octanol–water partition coefficient (Wildman–Crippen LogP) is 3.78. The van der Waals surface area contributed by atoms with Crippen LogP contribution in [0.4, 0.5) is 5.69 Å². The van der Waals surface area contributed by atoms with Crippen LogP contribution in [0.3, 0.4) is 0 Å². The SMILES string of the molecule is Cc1c(N)cc(Br)cc1S(=O)(=O)N(C)C(C)c1cccs1. The monoisotopic (exact) mass is 388 g/mol. The van der Waals surface area contributed by atoms with Crippen molar-refractivity contribution in [2.75, 3.05) is 12.8 Å². The minimum Gasteiger partial charge on any atom is -0.398 e. The number of benzene rings is 1. The second-order valence-electron chi connectivity index (χ2n) is 4.83. The van der Waals surface area contributed by atoms with Crippen LogP contribution in [0, 0.1) is 6.92 Å². The van der Waals surface area contributed by atoms with E-state index in [1.807, 2.05) is 24.4 Å². The molecule has 0 spiro atoms. The van der Waals surface area contributed by atoms with Crippen molar-refractivity contribution in [3.8, 4) is 0 Å². The standard InChI is InChI=1S/C14H17BrN2O2S2/c1-9-12(16)7-11(15)8-14(9)21(18,19)17(3)10(2)13-5-4-6-20-13/h4-8,10H,16H2,1-3H3. The van der Waals surface area contributed by atoms with Gasteiger partial charge in [0.05, 0.1) is 10.9 Å². The van der Waals surface area contributed by atoms with Crippen LogP contribution in [0.5, 0.6) is 0 Å². The molecule has 1 heterocycles. The molecule has 4 nitrogen and oxygen atoms in total. The summed E-state index contributed by atoms with van der Waals surface area (Å²) in [5, 5.41) is 1.94. The zero-order valence-corrected chi connectivity index (χ0v) is 15.2. The zero-order chi connectivity index (χ0) is 15.8. The van der Waals surface area contributed by atoms with Crippen molar-refractivity contribution in [3.63, 3.8) is 0 Å². The van der Waals surface area contributed by atoms with E-state index in [4.69, 9.17) is 5.73 Å². The van der Waals surface area contributed by atoms with Gasteiger partial charge in [0.2, 0.25) is 10.0 Å². The van der Waals surface area contributed by atoms with Crippen molar-refractivity contribution in [2.24, 2.45) is 0 Å². The molecule has 1 atom stereocenters. The molecule has 114 valence electrons. The molecule has 0 radical (unpaired) electrons. The average molecular weight is 389 g/mol. The molecule has 2 aromatic rings. The van der Waals surface area contributed by atoms with Gasteiger partial charge in [-0.3, -0.25) is 0 Å². The number of sulfonamides is 1. The van der Waals surface area contributed by atoms with Crippen LogP contribution >= 0.6 is 27.3 Å². The molecule has 0 aliphatic carbocycles. The molecular formula is C14H17BrN2O2S2. The number of anilines is 1. The van der Waals surface area contributed by atoms with Crippen molar-refractivity contribution in [3.05, 3.63) is 44.6 Å². The number of nitrogen functional groups attached to an aromatic ring is 1. The van der Waals surface area contributed by atoms with Crippen LogP contribution in [0.15, 0.2) is 39.0 Å². The molecule has 7 heteroatoms. The van der Waals surface area contributed by atoms with Crippen LogP contribution in [-0.4, -0.2) is 19.8 Å². The van der Waals surface area contributed by atoms with Gasteiger partial charge in [-0.2, -0.15) is 4.31 Å². The molecule has 2 N–H and O–H groups in total. The third-order valence-corrected chi connectivity index (χ3v) is 7.08. The summed E-state index contributed by atoms with van der Waals surface area (Å²) in [5.41, 5.74) is 6.91. The molecule has 0 aliphatic rings. The first kappa shape index (κ1) is 16.5. The van der Waals surface area contributed by atoms with E-state index in [-0.39, 0.29) is 10.9 Å². The summed E-state index contributed by atoms with van der Waals surface area (Å²) in [6, 6.07) is 6.92. The second kappa shape index (κ2) is 6.08. The van der Waals surface area contributed by atoms with Crippen molar-refractivity contribution in [1.82, 2.24) is 4.31 Å². The van der Waals surface area contributed by atoms with Crippen LogP contribution < -0.4 is 5.73 Å². The smallest absolute Gasteiger partial charge is 0.243 e. The molecule has 0 aliphatic heterocycles. The van der Waals surface area contributed by atoms with Crippen molar-refractivity contribution in [1.29, 1.82) is 0 Å². The highest BCUT2D eigenvalue weighted by Gasteiger charge is 2.29. The topological polar surface area (TPSA) is 63.4 Å². The zero-order valence-electron chi connectivity index (χ0n) is 12.0. The summed E-state index contributed by atoms with van der Waals surface area (Å²) in [7, 11) is -2.02. The summed E-state index contributed by atoms with van der Waals surface area (Å²) in [6.07, 6.45) is 0. The highest BCUT2D eigenvalue weighted by atomic mass is 79.9. The fourth-order valence-corrected chi connectivity index (χ4v) is 5.15. The first-order valence-electron chi connectivity index (χ1n) is 6.32. The van der Waals surface area contributed by atoms with E-state index in [2.05, 4.69) is 15.9 Å². The Morgan fingerprint density at radius 2 is 2.05 bits per heavy atom. The molecule has 1 unspecified atom stereocenters. The molecule has 1 aromatic carbocycles. The third kappa shape index (κ3) is 3.15. The fraction of sp³-hybridized carbons (Fsp3) is 0.286. The average Bonchev–Trinajstić information content (AvgIpc) is 2.94. The number of rotatable bonds is 4. The minimum atomic E-state index is -3.61. The molecule has 0 amide bonds. The maximum Gasteiger partial charge on any atom is 0.243 e. The van der Waals surface area contributed by atoms with Gasteiger partial charge in [0.1, 0.15) is 0 Å². The van der Waals surface area contributed by atoms with E-state index >= 15 is 0 Å². The van der Waals surface area contributed by atoms with E-state index in [0.29, 0.717) is 15.7 Å². The molecule has 0 bridgehead atoms. The number of halogens is 1. The second-order valence-corrected chi connectivity index (χ2v) is 8.69. The quantitative estimate of drug-likeness (QED) is 0.810. The molecule has 21 heavy (non-hydrogen) atoms. The number of hydrogen-bond acceptors (Lipinski definition) is 4. The lowest BCUT2D eigenvalue weighted by Crippen LogP contribution is -2.30. The first-order chi connectivity index (χ1) is 9.75. The Labute approximate surface area is 137 Å². The predicted molar refractivity (Wildman–Crippen MR) is 91.0 cm³/mol. The normalized spacial score (nSPS) is 13.6. The van der Waals surface area contributed by atoms with E-state index in [0.717, 1.165) is 4.88 Å². The summed E-state index contributed by atoms with van der Waals surface area (Å²) >= 11 is 4.84. The van der Waals surface area contributed by atoms with E-state index in [1.54, 1.807) is 37.4 Å². The number of nitrogens with zero attached hydrogens (tertiary/aromatic N) is 1. The minimum absolute atomic E-state index is 0.227. The van der Waals surface area contributed by atoms with Gasteiger partial charge in [0.25, 0.3) is 0 Å². The van der Waals surface area contributed by atoms with Crippen molar-refractivity contribution < 1.29 is 8.42 Å². The highest BCUT2D eigenvalue weighted by molar-refractivity contribution is 9.10. The summed E-state index contributed by atoms with van der Waals surface area (Å²) in [5.74, 6) is 0.